The number of carbonyl (C=O) groups excluding carboxylic acids is 1. The molecule has 0 heterocycles. The molecule has 1 N–H and O–H groups in total. The molecule has 3 rings (SSSR count). The molecule has 10 heteroatoms. The third-order valence-corrected chi connectivity index (χ3v) is 4.80. The van der Waals surface area contributed by atoms with Gasteiger partial charge in [0.15, 0.2) is 0 Å². The summed E-state index contributed by atoms with van der Waals surface area (Å²) in [4.78, 5) is 17.2. The lowest BCUT2D eigenvalue weighted by Crippen LogP contribution is -2.13. The van der Waals surface area contributed by atoms with Crippen molar-refractivity contribution in [2.45, 2.75) is 0 Å². The Labute approximate surface area is 189 Å². The predicted molar refractivity (Wildman–Crippen MR) is 121 cm³/mol. The first-order valence-electron chi connectivity index (χ1n) is 8.77. The Hall–Kier alpha value is -3.07. The molecule has 0 saturated heterocycles. The quantitative estimate of drug-likeness (QED) is 0.223. The maximum atomic E-state index is 12.1. The molecule has 0 spiro atoms. The summed E-state index contributed by atoms with van der Waals surface area (Å²) < 4.78 is 27.4. The number of anilines is 1. The molecule has 0 bridgehead atoms. The van der Waals surface area contributed by atoms with E-state index in [9.17, 15) is 13.2 Å². The van der Waals surface area contributed by atoms with Crippen molar-refractivity contribution in [1.82, 2.24) is 0 Å². The zero-order valence-electron chi connectivity index (χ0n) is 16.1. The van der Waals surface area contributed by atoms with E-state index in [0.29, 0.717) is 32.6 Å². The summed E-state index contributed by atoms with van der Waals surface area (Å²) in [5, 5.41) is 7.59. The zero-order valence-corrected chi connectivity index (χ0v) is 18.4. The number of rotatable bonds is 6. The number of oxime groups is 1. The van der Waals surface area contributed by atoms with Crippen molar-refractivity contribution < 1.29 is 22.2 Å². The smallest absolute Gasteiger partial charge is 0.383 e. The molecule has 1 amide bonds. The molecule has 0 aromatic heterocycles. The number of benzene rings is 3. The summed E-state index contributed by atoms with van der Waals surface area (Å²) in [7, 11) is -3.65. The van der Waals surface area contributed by atoms with Crippen LogP contribution >= 0.6 is 23.2 Å². The van der Waals surface area contributed by atoms with Crippen molar-refractivity contribution in [1.29, 1.82) is 0 Å². The first-order valence-corrected chi connectivity index (χ1v) is 11.3. The van der Waals surface area contributed by atoms with Gasteiger partial charge in [-0.05, 0) is 60.7 Å². The number of hydrogen-bond donors (Lipinski definition) is 1. The van der Waals surface area contributed by atoms with Crippen LogP contribution in [0.4, 0.5) is 10.5 Å². The van der Waals surface area contributed by atoms with Crippen molar-refractivity contribution in [3.05, 3.63) is 94.0 Å². The van der Waals surface area contributed by atoms with Crippen LogP contribution in [-0.2, 0) is 15.0 Å². The highest BCUT2D eigenvalue weighted by Crippen LogP contribution is 2.19. The van der Waals surface area contributed by atoms with Gasteiger partial charge in [0.25, 0.3) is 0 Å². The van der Waals surface area contributed by atoms with Crippen LogP contribution in [-0.4, -0.2) is 26.5 Å². The van der Waals surface area contributed by atoms with Crippen molar-refractivity contribution in [2.75, 3.05) is 11.6 Å². The molecular weight excluding hydrogens is 463 g/mol. The standard InChI is InChI=1S/C21H16Cl2N2O5S/c1-31(27,28)30-19-12-4-15(5-13-19)20(14-2-6-16(22)7-3-14)25-29-21(26)24-18-10-8-17(23)9-11-18/h2-13H,1H3,(H,24,26). The minimum atomic E-state index is -3.65. The normalized spacial score (nSPS) is 11.6. The topological polar surface area (TPSA) is 94.1 Å². The Bertz CT molecular complexity index is 1190. The minimum Gasteiger partial charge on any atom is -0.383 e. The molecule has 0 aliphatic carbocycles. The maximum absolute atomic E-state index is 12.1. The van der Waals surface area contributed by atoms with Crippen molar-refractivity contribution in [2.24, 2.45) is 5.16 Å². The summed E-state index contributed by atoms with van der Waals surface area (Å²) in [6.07, 6.45) is 0.153. The average Bonchev–Trinajstić information content (AvgIpc) is 2.71. The lowest BCUT2D eigenvalue weighted by molar-refractivity contribution is 0.166. The van der Waals surface area contributed by atoms with E-state index in [-0.39, 0.29) is 5.75 Å². The van der Waals surface area contributed by atoms with Crippen LogP contribution in [0.5, 0.6) is 5.75 Å². The fourth-order valence-corrected chi connectivity index (χ4v) is 3.20. The summed E-state index contributed by atoms with van der Waals surface area (Å²) in [6, 6.07) is 19.4. The largest absolute Gasteiger partial charge is 0.437 e. The van der Waals surface area contributed by atoms with Crippen LogP contribution in [0.3, 0.4) is 0 Å². The lowest BCUT2D eigenvalue weighted by atomic mass is 10.0. The van der Waals surface area contributed by atoms with Gasteiger partial charge < -0.3 is 4.18 Å². The molecule has 0 radical (unpaired) electrons. The van der Waals surface area contributed by atoms with Crippen LogP contribution < -0.4 is 9.50 Å². The molecule has 31 heavy (non-hydrogen) atoms. The van der Waals surface area contributed by atoms with Crippen LogP contribution in [0.15, 0.2) is 78.0 Å². The van der Waals surface area contributed by atoms with Crippen molar-refractivity contribution >= 4 is 50.8 Å². The first-order chi connectivity index (χ1) is 14.7. The SMILES string of the molecule is CS(=O)(=O)Oc1ccc(C(=NOC(=O)Nc2ccc(Cl)cc2)c2ccc(Cl)cc2)cc1. The molecule has 0 atom stereocenters. The second-order valence-electron chi connectivity index (χ2n) is 6.27. The highest BCUT2D eigenvalue weighted by atomic mass is 35.5. The van der Waals surface area contributed by atoms with E-state index in [0.717, 1.165) is 6.26 Å². The monoisotopic (exact) mass is 478 g/mol. The van der Waals surface area contributed by atoms with Gasteiger partial charge in [0.05, 0.1) is 6.26 Å². The number of hydrogen-bond acceptors (Lipinski definition) is 6. The summed E-state index contributed by atoms with van der Waals surface area (Å²) >= 11 is 11.8. The van der Waals surface area contributed by atoms with E-state index in [1.54, 1.807) is 60.7 Å². The van der Waals surface area contributed by atoms with Crippen LogP contribution in [0, 0.1) is 0 Å². The van der Waals surface area contributed by atoms with Gasteiger partial charge in [-0.3, -0.25) is 10.2 Å². The van der Waals surface area contributed by atoms with Crippen LogP contribution in [0.2, 0.25) is 10.0 Å². The molecule has 160 valence electrons. The summed E-state index contributed by atoms with van der Waals surface area (Å²) in [5.74, 6) is 0.142. The Balaban J connectivity index is 1.85. The second-order valence-corrected chi connectivity index (χ2v) is 8.72. The van der Waals surface area contributed by atoms with Gasteiger partial charge in [0.2, 0.25) is 0 Å². The van der Waals surface area contributed by atoms with Crippen LogP contribution in [0.25, 0.3) is 0 Å². The number of amides is 1. The number of nitrogens with zero attached hydrogens (tertiary/aromatic N) is 1. The van der Waals surface area contributed by atoms with E-state index in [1.165, 1.54) is 12.1 Å². The number of carbonyl (C=O) groups is 1. The molecule has 0 aliphatic rings. The zero-order chi connectivity index (χ0) is 22.4. The van der Waals surface area contributed by atoms with Gasteiger partial charge in [0.1, 0.15) is 11.5 Å². The van der Waals surface area contributed by atoms with E-state index < -0.39 is 16.2 Å². The van der Waals surface area contributed by atoms with E-state index in [1.807, 2.05) is 0 Å². The predicted octanol–water partition coefficient (Wildman–Crippen LogP) is 5.33. The number of halogens is 2. The molecule has 0 aliphatic heterocycles. The summed E-state index contributed by atoms with van der Waals surface area (Å²) in [6.45, 7) is 0. The van der Waals surface area contributed by atoms with Gasteiger partial charge in [-0.25, -0.2) is 4.79 Å². The average molecular weight is 479 g/mol. The molecule has 3 aromatic rings. The van der Waals surface area contributed by atoms with E-state index in [4.69, 9.17) is 32.2 Å². The fourth-order valence-electron chi connectivity index (χ4n) is 2.48. The van der Waals surface area contributed by atoms with Crippen LogP contribution in [0.1, 0.15) is 11.1 Å². The first kappa shape index (κ1) is 22.6. The number of nitrogens with one attached hydrogen (secondary N) is 1. The Kier molecular flexibility index (Phi) is 7.17. The molecule has 0 fully saturated rings. The minimum absolute atomic E-state index is 0.142. The van der Waals surface area contributed by atoms with Gasteiger partial charge in [0, 0.05) is 26.9 Å². The Morgan fingerprint density at radius 3 is 1.84 bits per heavy atom. The molecule has 0 unspecified atom stereocenters. The fraction of sp³-hybridized carbons (Fsp3) is 0.0476. The highest BCUT2D eigenvalue weighted by molar-refractivity contribution is 7.86. The Morgan fingerprint density at radius 2 is 1.32 bits per heavy atom. The third kappa shape index (κ3) is 6.99. The highest BCUT2D eigenvalue weighted by Gasteiger charge is 2.12. The molecule has 7 nitrogen and oxygen atoms in total. The van der Waals surface area contributed by atoms with Gasteiger partial charge in [-0.2, -0.15) is 8.42 Å². The van der Waals surface area contributed by atoms with Gasteiger partial charge in [-0.15, -0.1) is 0 Å². The van der Waals surface area contributed by atoms with E-state index >= 15 is 0 Å². The lowest BCUT2D eigenvalue weighted by Gasteiger charge is -2.09. The van der Waals surface area contributed by atoms with Crippen molar-refractivity contribution in [3.63, 3.8) is 0 Å². The third-order valence-electron chi connectivity index (χ3n) is 3.80. The van der Waals surface area contributed by atoms with E-state index in [2.05, 4.69) is 10.5 Å². The van der Waals surface area contributed by atoms with Gasteiger partial charge in [-0.1, -0.05) is 40.5 Å². The Morgan fingerprint density at radius 1 is 0.839 bits per heavy atom. The second kappa shape index (κ2) is 9.82. The van der Waals surface area contributed by atoms with Gasteiger partial charge >= 0.3 is 16.2 Å². The summed E-state index contributed by atoms with van der Waals surface area (Å²) in [5.41, 5.74) is 2.00. The molecule has 3 aromatic carbocycles. The maximum Gasteiger partial charge on any atom is 0.437 e. The molecular formula is C21H16Cl2N2O5S. The molecule has 0 saturated carbocycles. The van der Waals surface area contributed by atoms with Crippen molar-refractivity contribution in [3.8, 4) is 5.75 Å².